The van der Waals surface area contributed by atoms with Crippen LogP contribution in [0, 0.1) is 0 Å². The Morgan fingerprint density at radius 3 is 2.90 bits per heavy atom. The van der Waals surface area contributed by atoms with Gasteiger partial charge in [-0.05, 0) is 30.5 Å². The summed E-state index contributed by atoms with van der Waals surface area (Å²) < 4.78 is 0. The average molecular weight is 290 g/mol. The molecule has 0 unspecified atom stereocenters. The number of hydrogen-bond donors (Lipinski definition) is 2. The molecule has 2 N–H and O–H groups in total. The Morgan fingerprint density at radius 1 is 1.29 bits per heavy atom. The molecule has 0 fully saturated rings. The lowest BCUT2D eigenvalue weighted by Gasteiger charge is -2.22. The third-order valence-corrected chi connectivity index (χ3v) is 4.01. The fourth-order valence-electron chi connectivity index (χ4n) is 2.77. The van der Waals surface area contributed by atoms with Crippen LogP contribution in [0.4, 0.5) is 5.69 Å². The third-order valence-electron chi connectivity index (χ3n) is 4.01. The summed E-state index contributed by atoms with van der Waals surface area (Å²) in [6.07, 6.45) is 5.55. The van der Waals surface area contributed by atoms with Crippen LogP contribution in [-0.2, 0) is 6.42 Å². The highest BCUT2D eigenvalue weighted by Crippen LogP contribution is 2.24. The molecule has 0 bridgehead atoms. The molecule has 116 valence electrons. The van der Waals surface area contributed by atoms with Gasteiger partial charge in [0.1, 0.15) is 0 Å². The Bertz CT molecular complexity index is 474. The quantitative estimate of drug-likeness (QED) is 0.724. The van der Waals surface area contributed by atoms with Gasteiger partial charge in [0.05, 0.1) is 6.61 Å². The van der Waals surface area contributed by atoms with Gasteiger partial charge >= 0.3 is 0 Å². The first-order chi connectivity index (χ1) is 10.3. The van der Waals surface area contributed by atoms with Crippen LogP contribution in [0.15, 0.2) is 18.2 Å². The van der Waals surface area contributed by atoms with Gasteiger partial charge in [0.15, 0.2) is 0 Å². The smallest absolute Gasteiger partial charge is 0.254 e. The van der Waals surface area contributed by atoms with Gasteiger partial charge in [-0.15, -0.1) is 0 Å². The summed E-state index contributed by atoms with van der Waals surface area (Å²) in [6.45, 7) is 4.28. The van der Waals surface area contributed by atoms with Gasteiger partial charge in [0, 0.05) is 30.9 Å². The second-order valence-electron chi connectivity index (χ2n) is 5.63. The van der Waals surface area contributed by atoms with Crippen molar-refractivity contribution in [3.05, 3.63) is 29.3 Å². The fraction of sp³-hybridized carbons (Fsp3) is 0.588. The van der Waals surface area contributed by atoms with Gasteiger partial charge < -0.3 is 15.3 Å². The average Bonchev–Trinajstić information content (AvgIpc) is 2.97. The first kappa shape index (κ1) is 15.8. The lowest BCUT2D eigenvalue weighted by molar-refractivity contribution is 0.0718. The van der Waals surface area contributed by atoms with Crippen LogP contribution in [0.5, 0.6) is 0 Å². The molecule has 1 aromatic carbocycles. The van der Waals surface area contributed by atoms with Crippen LogP contribution in [0.1, 0.15) is 48.5 Å². The van der Waals surface area contributed by atoms with Crippen molar-refractivity contribution in [2.45, 2.75) is 39.0 Å². The number of carbonyl (C=O) groups excluding carboxylic acids is 1. The Labute approximate surface area is 127 Å². The number of rotatable bonds is 8. The van der Waals surface area contributed by atoms with E-state index in [1.165, 1.54) is 18.4 Å². The Balaban J connectivity index is 2.00. The van der Waals surface area contributed by atoms with Gasteiger partial charge in [-0.3, -0.25) is 4.79 Å². The van der Waals surface area contributed by atoms with E-state index >= 15 is 0 Å². The van der Waals surface area contributed by atoms with Crippen LogP contribution in [-0.4, -0.2) is 42.2 Å². The van der Waals surface area contributed by atoms with Crippen molar-refractivity contribution in [3.63, 3.8) is 0 Å². The summed E-state index contributed by atoms with van der Waals surface area (Å²) in [5.74, 6) is 0.0250. The number of anilines is 1. The molecule has 0 saturated heterocycles. The van der Waals surface area contributed by atoms with Crippen molar-refractivity contribution in [2.75, 3.05) is 31.6 Å². The largest absolute Gasteiger partial charge is 0.395 e. The van der Waals surface area contributed by atoms with E-state index in [1.807, 2.05) is 18.2 Å². The van der Waals surface area contributed by atoms with Crippen LogP contribution in [0.3, 0.4) is 0 Å². The van der Waals surface area contributed by atoms with E-state index in [1.54, 1.807) is 4.90 Å². The number of benzene rings is 1. The molecule has 1 aliphatic rings. The minimum atomic E-state index is 0.0166. The molecule has 4 heteroatoms. The monoisotopic (exact) mass is 290 g/mol. The zero-order chi connectivity index (χ0) is 15.1. The minimum absolute atomic E-state index is 0.0166. The Kier molecular flexibility index (Phi) is 6.05. The van der Waals surface area contributed by atoms with E-state index < -0.39 is 0 Å². The maximum Gasteiger partial charge on any atom is 0.254 e. The standard InChI is InChI=1S/C17H26N2O2/c1-2-3-4-5-10-19(11-12-20)17(21)15-7-6-14-8-9-18-16(14)13-15/h6-7,13,18,20H,2-5,8-12H2,1H3. The van der Waals surface area contributed by atoms with Gasteiger partial charge in [0.25, 0.3) is 5.91 Å². The third kappa shape index (κ3) is 4.21. The fourth-order valence-corrected chi connectivity index (χ4v) is 2.77. The zero-order valence-corrected chi connectivity index (χ0v) is 12.9. The molecule has 1 amide bonds. The molecule has 1 heterocycles. The highest BCUT2D eigenvalue weighted by molar-refractivity contribution is 5.95. The highest BCUT2D eigenvalue weighted by atomic mass is 16.3. The molecule has 4 nitrogen and oxygen atoms in total. The molecule has 0 aliphatic carbocycles. The summed E-state index contributed by atoms with van der Waals surface area (Å²) in [6, 6.07) is 5.89. The first-order valence-corrected chi connectivity index (χ1v) is 8.03. The van der Waals surface area contributed by atoms with Crippen molar-refractivity contribution in [3.8, 4) is 0 Å². The molecule has 21 heavy (non-hydrogen) atoms. The molecular formula is C17H26N2O2. The number of aliphatic hydroxyl groups excluding tert-OH is 1. The second kappa shape index (κ2) is 8.03. The van der Waals surface area contributed by atoms with Gasteiger partial charge in [0.2, 0.25) is 0 Å². The summed E-state index contributed by atoms with van der Waals surface area (Å²) >= 11 is 0. The van der Waals surface area contributed by atoms with Crippen molar-refractivity contribution in [1.82, 2.24) is 4.90 Å². The number of hydrogen-bond acceptors (Lipinski definition) is 3. The molecule has 0 saturated carbocycles. The van der Waals surface area contributed by atoms with Crippen molar-refractivity contribution in [2.24, 2.45) is 0 Å². The maximum absolute atomic E-state index is 12.6. The van der Waals surface area contributed by atoms with E-state index in [0.29, 0.717) is 12.1 Å². The minimum Gasteiger partial charge on any atom is -0.395 e. The maximum atomic E-state index is 12.6. The predicted molar refractivity (Wildman–Crippen MR) is 85.8 cm³/mol. The van der Waals surface area contributed by atoms with Gasteiger partial charge in [-0.25, -0.2) is 0 Å². The van der Waals surface area contributed by atoms with E-state index in [4.69, 9.17) is 0 Å². The van der Waals surface area contributed by atoms with E-state index in [2.05, 4.69) is 12.2 Å². The molecule has 2 rings (SSSR count). The van der Waals surface area contributed by atoms with Crippen molar-refractivity contribution < 1.29 is 9.90 Å². The van der Waals surface area contributed by atoms with E-state index in [-0.39, 0.29) is 12.5 Å². The highest BCUT2D eigenvalue weighted by Gasteiger charge is 2.18. The molecule has 0 radical (unpaired) electrons. The second-order valence-corrected chi connectivity index (χ2v) is 5.63. The molecule has 0 spiro atoms. The SMILES string of the molecule is CCCCCCN(CCO)C(=O)c1ccc2c(c1)NCC2. The lowest BCUT2D eigenvalue weighted by atomic mass is 10.1. The molecule has 0 atom stereocenters. The molecular weight excluding hydrogens is 264 g/mol. The van der Waals surface area contributed by atoms with Crippen LogP contribution < -0.4 is 5.32 Å². The van der Waals surface area contributed by atoms with Gasteiger partial charge in [-0.2, -0.15) is 0 Å². The van der Waals surface area contributed by atoms with Crippen LogP contribution >= 0.6 is 0 Å². The molecule has 0 aromatic heterocycles. The number of aliphatic hydroxyl groups is 1. The van der Waals surface area contributed by atoms with Crippen molar-refractivity contribution >= 4 is 11.6 Å². The summed E-state index contributed by atoms with van der Waals surface area (Å²) in [5, 5.41) is 12.5. The van der Waals surface area contributed by atoms with Crippen LogP contribution in [0.2, 0.25) is 0 Å². The normalized spacial score (nSPS) is 12.9. The number of unbranched alkanes of at least 4 members (excludes halogenated alkanes) is 3. The van der Waals surface area contributed by atoms with Crippen LogP contribution in [0.25, 0.3) is 0 Å². The number of nitrogens with one attached hydrogen (secondary N) is 1. The summed E-state index contributed by atoms with van der Waals surface area (Å²) in [5.41, 5.74) is 3.08. The summed E-state index contributed by atoms with van der Waals surface area (Å²) in [7, 11) is 0. The number of fused-ring (bicyclic) bond motifs is 1. The van der Waals surface area contributed by atoms with E-state index in [9.17, 15) is 9.90 Å². The predicted octanol–water partition coefficient (Wildman–Crippen LogP) is 2.67. The van der Waals surface area contributed by atoms with E-state index in [0.717, 1.165) is 38.0 Å². The number of nitrogens with zero attached hydrogens (tertiary/aromatic N) is 1. The Morgan fingerprint density at radius 2 is 2.14 bits per heavy atom. The summed E-state index contributed by atoms with van der Waals surface area (Å²) in [4.78, 5) is 14.4. The first-order valence-electron chi connectivity index (χ1n) is 8.03. The lowest BCUT2D eigenvalue weighted by Crippen LogP contribution is -2.34. The zero-order valence-electron chi connectivity index (χ0n) is 12.9. The molecule has 1 aromatic rings. The molecule has 1 aliphatic heterocycles. The van der Waals surface area contributed by atoms with Gasteiger partial charge in [-0.1, -0.05) is 32.3 Å². The Hall–Kier alpha value is -1.55. The topological polar surface area (TPSA) is 52.6 Å². The number of carbonyl (C=O) groups is 1. The van der Waals surface area contributed by atoms with Crippen molar-refractivity contribution in [1.29, 1.82) is 0 Å². The number of amides is 1.